The Balaban J connectivity index is 1.50. The van der Waals surface area contributed by atoms with E-state index in [4.69, 9.17) is 4.74 Å². The highest BCUT2D eigenvalue weighted by Crippen LogP contribution is 2.35. The summed E-state index contributed by atoms with van der Waals surface area (Å²) in [6.45, 7) is 3.43. The summed E-state index contributed by atoms with van der Waals surface area (Å²) in [7, 11) is 0. The molecule has 0 bridgehead atoms. The van der Waals surface area contributed by atoms with Crippen LogP contribution < -0.4 is 0 Å². The molecule has 126 valence electrons. The molecular weight excluding hydrogens is 300 g/mol. The van der Waals surface area contributed by atoms with Gasteiger partial charge in [-0.3, -0.25) is 9.88 Å². The van der Waals surface area contributed by atoms with Gasteiger partial charge in [0.05, 0.1) is 25.2 Å². The average Bonchev–Trinajstić information content (AvgIpc) is 3.43. The van der Waals surface area contributed by atoms with Gasteiger partial charge in [-0.25, -0.2) is 0 Å². The van der Waals surface area contributed by atoms with Crippen molar-refractivity contribution in [3.8, 4) is 11.1 Å². The highest BCUT2D eigenvalue weighted by molar-refractivity contribution is 5.62. The predicted octanol–water partition coefficient (Wildman–Crippen LogP) is 2.72. The second-order valence-corrected chi connectivity index (χ2v) is 7.23. The standard InChI is InChI=1S/C20H24N2O2/c23-13-20(14-24-15-20)12-22(19-6-7-19)11-16-3-1-4-17(9-16)18-5-2-8-21-10-18/h1-5,8-10,19,23H,6-7,11-15H2. The van der Waals surface area contributed by atoms with Crippen LogP contribution in [0, 0.1) is 5.41 Å². The fourth-order valence-corrected chi connectivity index (χ4v) is 3.43. The number of pyridine rings is 1. The first-order valence-electron chi connectivity index (χ1n) is 8.70. The van der Waals surface area contributed by atoms with Gasteiger partial charge in [0.15, 0.2) is 0 Å². The molecule has 4 heteroatoms. The highest BCUT2D eigenvalue weighted by atomic mass is 16.5. The zero-order chi connectivity index (χ0) is 16.4. The maximum atomic E-state index is 9.73. The van der Waals surface area contributed by atoms with Gasteiger partial charge in [-0.15, -0.1) is 0 Å². The molecule has 0 atom stereocenters. The fraction of sp³-hybridized carbons (Fsp3) is 0.450. The molecule has 4 rings (SSSR count). The molecule has 2 aromatic rings. The first kappa shape index (κ1) is 15.8. The van der Waals surface area contributed by atoms with E-state index in [1.807, 2.05) is 12.3 Å². The molecular formula is C20H24N2O2. The van der Waals surface area contributed by atoms with Crippen LogP contribution in [0.3, 0.4) is 0 Å². The lowest BCUT2D eigenvalue weighted by Crippen LogP contribution is -2.53. The largest absolute Gasteiger partial charge is 0.396 e. The van der Waals surface area contributed by atoms with Crippen LogP contribution in [0.25, 0.3) is 11.1 Å². The van der Waals surface area contributed by atoms with Crippen LogP contribution in [-0.2, 0) is 11.3 Å². The molecule has 1 aromatic heterocycles. The van der Waals surface area contributed by atoms with E-state index in [1.54, 1.807) is 6.20 Å². The molecule has 2 fully saturated rings. The van der Waals surface area contributed by atoms with Gasteiger partial charge in [0.2, 0.25) is 0 Å². The Labute approximate surface area is 143 Å². The van der Waals surface area contributed by atoms with E-state index in [-0.39, 0.29) is 12.0 Å². The zero-order valence-electron chi connectivity index (χ0n) is 13.9. The number of aliphatic hydroxyl groups excluding tert-OH is 1. The first-order valence-corrected chi connectivity index (χ1v) is 8.70. The molecule has 1 aliphatic heterocycles. The lowest BCUT2D eigenvalue weighted by atomic mass is 9.86. The summed E-state index contributed by atoms with van der Waals surface area (Å²) in [4.78, 5) is 6.74. The number of aromatic nitrogens is 1. The van der Waals surface area contributed by atoms with Crippen LogP contribution in [-0.4, -0.2) is 47.4 Å². The summed E-state index contributed by atoms with van der Waals surface area (Å²) >= 11 is 0. The van der Waals surface area contributed by atoms with Gasteiger partial charge in [0.1, 0.15) is 0 Å². The Kier molecular flexibility index (Phi) is 4.35. The van der Waals surface area contributed by atoms with Crippen molar-refractivity contribution in [2.75, 3.05) is 26.4 Å². The van der Waals surface area contributed by atoms with Crippen LogP contribution in [0.1, 0.15) is 18.4 Å². The maximum absolute atomic E-state index is 9.73. The topological polar surface area (TPSA) is 45.6 Å². The second-order valence-electron chi connectivity index (χ2n) is 7.23. The first-order chi connectivity index (χ1) is 11.8. The van der Waals surface area contributed by atoms with Crippen molar-refractivity contribution in [1.82, 2.24) is 9.88 Å². The van der Waals surface area contributed by atoms with Crippen molar-refractivity contribution in [1.29, 1.82) is 0 Å². The molecule has 4 nitrogen and oxygen atoms in total. The lowest BCUT2D eigenvalue weighted by molar-refractivity contribution is -0.150. The molecule has 1 aromatic carbocycles. The highest BCUT2D eigenvalue weighted by Gasteiger charge is 2.42. The Hall–Kier alpha value is -1.75. The SMILES string of the molecule is OCC1(CN(Cc2cccc(-c3cccnc3)c2)C2CC2)COC1. The van der Waals surface area contributed by atoms with Crippen LogP contribution in [0.2, 0.25) is 0 Å². The van der Waals surface area contributed by atoms with Gasteiger partial charge in [-0.2, -0.15) is 0 Å². The maximum Gasteiger partial charge on any atom is 0.0579 e. The van der Waals surface area contributed by atoms with Gasteiger partial charge in [-0.1, -0.05) is 24.3 Å². The molecule has 24 heavy (non-hydrogen) atoms. The number of hydrogen-bond donors (Lipinski definition) is 1. The molecule has 2 heterocycles. The summed E-state index contributed by atoms with van der Waals surface area (Å²) in [6, 6.07) is 13.4. The monoisotopic (exact) mass is 324 g/mol. The van der Waals surface area contributed by atoms with Crippen LogP contribution in [0.5, 0.6) is 0 Å². The molecule has 1 saturated carbocycles. The number of benzene rings is 1. The minimum Gasteiger partial charge on any atom is -0.396 e. The molecule has 0 unspecified atom stereocenters. The third-order valence-electron chi connectivity index (χ3n) is 5.06. The molecule has 1 N–H and O–H groups in total. The van der Waals surface area contributed by atoms with E-state index in [9.17, 15) is 5.11 Å². The van der Waals surface area contributed by atoms with E-state index in [1.165, 1.54) is 24.0 Å². The van der Waals surface area contributed by atoms with E-state index < -0.39 is 0 Å². The number of rotatable bonds is 7. The van der Waals surface area contributed by atoms with E-state index in [0.29, 0.717) is 19.3 Å². The lowest BCUT2D eigenvalue weighted by Gasteiger charge is -2.43. The summed E-state index contributed by atoms with van der Waals surface area (Å²) in [5, 5.41) is 9.73. The Morgan fingerprint density at radius 2 is 2.00 bits per heavy atom. The van der Waals surface area contributed by atoms with Gasteiger partial charge < -0.3 is 9.84 Å². The predicted molar refractivity (Wildman–Crippen MR) is 93.4 cm³/mol. The third-order valence-corrected chi connectivity index (χ3v) is 5.06. The van der Waals surface area contributed by atoms with Crippen LogP contribution >= 0.6 is 0 Å². The molecule has 0 spiro atoms. The van der Waals surface area contributed by atoms with Gasteiger partial charge >= 0.3 is 0 Å². The zero-order valence-corrected chi connectivity index (χ0v) is 13.9. The minimum absolute atomic E-state index is 0.0520. The van der Waals surface area contributed by atoms with E-state index >= 15 is 0 Å². The van der Waals surface area contributed by atoms with Crippen LogP contribution in [0.15, 0.2) is 48.8 Å². The van der Waals surface area contributed by atoms with Gasteiger partial charge in [0, 0.05) is 31.5 Å². The van der Waals surface area contributed by atoms with Crippen molar-refractivity contribution in [3.63, 3.8) is 0 Å². The van der Waals surface area contributed by atoms with E-state index in [2.05, 4.69) is 40.2 Å². The Bertz CT molecular complexity index is 676. The summed E-state index contributed by atoms with van der Waals surface area (Å²) < 4.78 is 5.36. The number of ether oxygens (including phenoxy) is 1. The number of nitrogens with zero attached hydrogens (tertiary/aromatic N) is 2. The van der Waals surface area contributed by atoms with Gasteiger partial charge in [-0.05, 0) is 41.7 Å². The molecule has 2 aliphatic rings. The van der Waals surface area contributed by atoms with Crippen molar-refractivity contribution < 1.29 is 9.84 Å². The average molecular weight is 324 g/mol. The second kappa shape index (κ2) is 6.63. The van der Waals surface area contributed by atoms with Crippen molar-refractivity contribution >= 4 is 0 Å². The molecule has 1 saturated heterocycles. The normalized spacial score (nSPS) is 19.2. The van der Waals surface area contributed by atoms with E-state index in [0.717, 1.165) is 18.7 Å². The fourth-order valence-electron chi connectivity index (χ4n) is 3.43. The third kappa shape index (κ3) is 3.36. The summed E-state index contributed by atoms with van der Waals surface area (Å²) in [5.74, 6) is 0. The molecule has 1 aliphatic carbocycles. The number of hydrogen-bond acceptors (Lipinski definition) is 4. The minimum atomic E-state index is -0.0520. The Morgan fingerprint density at radius 1 is 1.17 bits per heavy atom. The van der Waals surface area contributed by atoms with Gasteiger partial charge in [0.25, 0.3) is 0 Å². The van der Waals surface area contributed by atoms with Crippen molar-refractivity contribution in [3.05, 3.63) is 54.4 Å². The summed E-state index contributed by atoms with van der Waals surface area (Å²) in [5.41, 5.74) is 3.62. The molecule has 0 radical (unpaired) electrons. The van der Waals surface area contributed by atoms with Crippen molar-refractivity contribution in [2.45, 2.75) is 25.4 Å². The quantitative estimate of drug-likeness (QED) is 0.851. The number of aliphatic hydroxyl groups is 1. The smallest absolute Gasteiger partial charge is 0.0579 e. The van der Waals surface area contributed by atoms with Crippen molar-refractivity contribution in [2.24, 2.45) is 5.41 Å². The van der Waals surface area contributed by atoms with Crippen LogP contribution in [0.4, 0.5) is 0 Å². The Morgan fingerprint density at radius 3 is 2.62 bits per heavy atom. The molecule has 0 amide bonds. The summed E-state index contributed by atoms with van der Waals surface area (Å²) in [6.07, 6.45) is 6.25.